The molecule has 2 atom stereocenters. The van der Waals surface area contributed by atoms with Gasteiger partial charge in [0.15, 0.2) is 0 Å². The second-order valence-electron chi connectivity index (χ2n) is 8.84. The van der Waals surface area contributed by atoms with Gasteiger partial charge in [-0.2, -0.15) is 13.2 Å². The van der Waals surface area contributed by atoms with Crippen molar-refractivity contribution in [1.82, 2.24) is 10.2 Å². The molecule has 10 nitrogen and oxygen atoms in total. The van der Waals surface area contributed by atoms with E-state index in [4.69, 9.17) is 10.5 Å². The van der Waals surface area contributed by atoms with Crippen molar-refractivity contribution in [3.63, 3.8) is 0 Å². The number of likely N-dealkylation sites (tertiary alicyclic amines) is 1. The fourth-order valence-corrected chi connectivity index (χ4v) is 4.65. The molecule has 0 bridgehead atoms. The summed E-state index contributed by atoms with van der Waals surface area (Å²) in [4.78, 5) is 38.9. The molecular formula is C24H29F3N4O6. The number of nitrogens with zero attached hydrogens (tertiary/aromatic N) is 2. The summed E-state index contributed by atoms with van der Waals surface area (Å²) in [6.45, 7) is 3.72. The first kappa shape index (κ1) is 28.1. The number of hydrogen-bond donors (Lipinski definition) is 2. The number of nitrogens with two attached hydrogens (primary N) is 1. The SMILES string of the molecule is COC(=O)C1=C(C(F)(F)F)NC(C)=C(C(=O)OC2CCCN(CCCN)C2)C1c1cccc([N+](=O)[O-])c1. The number of halogens is 3. The number of nitrogens with one attached hydrogen (secondary N) is 1. The van der Waals surface area contributed by atoms with E-state index in [9.17, 15) is 32.9 Å². The van der Waals surface area contributed by atoms with Gasteiger partial charge in [0.05, 0.1) is 29.1 Å². The van der Waals surface area contributed by atoms with E-state index in [0.717, 1.165) is 38.6 Å². The second-order valence-corrected chi connectivity index (χ2v) is 8.84. The van der Waals surface area contributed by atoms with Crippen LogP contribution in [-0.4, -0.2) is 67.3 Å². The molecule has 1 fully saturated rings. The minimum absolute atomic E-state index is 0.0580. The van der Waals surface area contributed by atoms with E-state index >= 15 is 0 Å². The maximum atomic E-state index is 14.0. The molecule has 1 aromatic carbocycles. The molecule has 3 rings (SSSR count). The third-order valence-electron chi connectivity index (χ3n) is 6.30. The number of nitro benzene ring substituents is 1. The van der Waals surface area contributed by atoms with Gasteiger partial charge in [0, 0.05) is 24.4 Å². The van der Waals surface area contributed by atoms with Crippen molar-refractivity contribution in [3.8, 4) is 0 Å². The van der Waals surface area contributed by atoms with Crippen molar-refractivity contribution in [3.05, 3.63) is 62.5 Å². The molecule has 3 N–H and O–H groups in total. The van der Waals surface area contributed by atoms with E-state index in [1.54, 1.807) is 0 Å². The molecule has 0 saturated carbocycles. The molecule has 0 aliphatic carbocycles. The van der Waals surface area contributed by atoms with Gasteiger partial charge < -0.3 is 20.5 Å². The number of esters is 2. The molecule has 0 spiro atoms. The van der Waals surface area contributed by atoms with Crippen LogP contribution in [0.5, 0.6) is 0 Å². The van der Waals surface area contributed by atoms with Gasteiger partial charge in [-0.3, -0.25) is 15.0 Å². The Morgan fingerprint density at radius 1 is 1.27 bits per heavy atom. The zero-order chi connectivity index (χ0) is 27.3. The summed E-state index contributed by atoms with van der Waals surface area (Å²) in [5, 5.41) is 13.5. The third-order valence-corrected chi connectivity index (χ3v) is 6.30. The number of non-ortho nitro benzene ring substituents is 1. The lowest BCUT2D eigenvalue weighted by molar-refractivity contribution is -0.384. The summed E-state index contributed by atoms with van der Waals surface area (Å²) in [5.74, 6) is -3.87. The molecule has 0 radical (unpaired) electrons. The molecule has 0 amide bonds. The van der Waals surface area contributed by atoms with Gasteiger partial charge in [-0.15, -0.1) is 0 Å². The van der Waals surface area contributed by atoms with E-state index in [-0.39, 0.29) is 16.8 Å². The quantitative estimate of drug-likeness (QED) is 0.298. The molecular weight excluding hydrogens is 497 g/mol. The summed E-state index contributed by atoms with van der Waals surface area (Å²) in [7, 11) is 0.912. The Labute approximate surface area is 211 Å². The number of carbonyl (C=O) groups excluding carboxylic acids is 2. The first-order valence-corrected chi connectivity index (χ1v) is 11.7. The van der Waals surface area contributed by atoms with Gasteiger partial charge in [-0.25, -0.2) is 9.59 Å². The van der Waals surface area contributed by atoms with Crippen LogP contribution < -0.4 is 11.1 Å². The molecule has 13 heteroatoms. The minimum Gasteiger partial charge on any atom is -0.466 e. The minimum atomic E-state index is -5.01. The maximum absolute atomic E-state index is 14.0. The van der Waals surface area contributed by atoms with Crippen molar-refractivity contribution in [2.75, 3.05) is 33.3 Å². The summed E-state index contributed by atoms with van der Waals surface area (Å²) < 4.78 is 52.4. The Balaban J connectivity index is 2.07. The van der Waals surface area contributed by atoms with E-state index in [2.05, 4.69) is 15.0 Å². The van der Waals surface area contributed by atoms with Crippen LogP contribution in [0, 0.1) is 10.1 Å². The van der Waals surface area contributed by atoms with E-state index in [1.807, 2.05) is 0 Å². The molecule has 1 saturated heterocycles. The number of nitro groups is 1. The lowest BCUT2D eigenvalue weighted by Crippen LogP contribution is -2.43. The zero-order valence-corrected chi connectivity index (χ0v) is 20.5. The number of ether oxygens (including phenoxy) is 2. The summed E-state index contributed by atoms with van der Waals surface area (Å²) in [5.41, 5.74) is 2.37. The highest BCUT2D eigenvalue weighted by Crippen LogP contribution is 2.44. The van der Waals surface area contributed by atoms with Gasteiger partial charge >= 0.3 is 18.1 Å². The molecule has 2 aliphatic heterocycles. The smallest absolute Gasteiger partial charge is 0.431 e. The molecule has 37 heavy (non-hydrogen) atoms. The number of hydrogen-bond acceptors (Lipinski definition) is 9. The highest BCUT2D eigenvalue weighted by molar-refractivity contribution is 6.00. The predicted octanol–water partition coefficient (Wildman–Crippen LogP) is 2.90. The maximum Gasteiger partial charge on any atom is 0.431 e. The number of allylic oxidation sites excluding steroid dienone is 2. The second kappa shape index (κ2) is 11.7. The predicted molar refractivity (Wildman–Crippen MR) is 126 cm³/mol. The average molecular weight is 527 g/mol. The van der Waals surface area contributed by atoms with Crippen molar-refractivity contribution >= 4 is 17.6 Å². The molecule has 2 heterocycles. The van der Waals surface area contributed by atoms with Crippen molar-refractivity contribution < 1.29 is 37.2 Å². The van der Waals surface area contributed by atoms with E-state index in [0.29, 0.717) is 26.1 Å². The number of carbonyl (C=O) groups is 2. The Hall–Kier alpha value is -3.45. The Bertz CT molecular complexity index is 1120. The van der Waals surface area contributed by atoms with Crippen LogP contribution in [0.2, 0.25) is 0 Å². The number of methoxy groups -OCH3 is 1. The summed E-state index contributed by atoms with van der Waals surface area (Å²) in [6.07, 6.45) is -3.47. The van der Waals surface area contributed by atoms with Crippen LogP contribution >= 0.6 is 0 Å². The van der Waals surface area contributed by atoms with Gasteiger partial charge in [-0.05, 0) is 51.4 Å². The van der Waals surface area contributed by atoms with Gasteiger partial charge in [0.2, 0.25) is 0 Å². The number of rotatable bonds is 8. The Morgan fingerprint density at radius 2 is 2.00 bits per heavy atom. The summed E-state index contributed by atoms with van der Waals surface area (Å²) in [6, 6.07) is 4.77. The zero-order valence-electron chi connectivity index (χ0n) is 20.5. The third kappa shape index (κ3) is 6.46. The topological polar surface area (TPSA) is 137 Å². The monoisotopic (exact) mass is 526 g/mol. The molecule has 202 valence electrons. The fourth-order valence-electron chi connectivity index (χ4n) is 4.65. The van der Waals surface area contributed by atoms with Crippen molar-refractivity contribution in [1.29, 1.82) is 0 Å². The molecule has 2 unspecified atom stereocenters. The van der Waals surface area contributed by atoms with Crippen LogP contribution in [0.1, 0.15) is 37.7 Å². The lowest BCUT2D eigenvalue weighted by atomic mass is 9.80. The van der Waals surface area contributed by atoms with Gasteiger partial charge in [-0.1, -0.05) is 12.1 Å². The normalized spacial score (nSPS) is 20.9. The molecule has 1 aromatic rings. The first-order chi connectivity index (χ1) is 17.5. The van der Waals surface area contributed by atoms with Crippen LogP contribution in [0.25, 0.3) is 0 Å². The fraction of sp³-hybridized carbons (Fsp3) is 0.500. The van der Waals surface area contributed by atoms with Crippen LogP contribution in [0.15, 0.2) is 46.8 Å². The summed E-state index contributed by atoms with van der Waals surface area (Å²) >= 11 is 0. The standard InChI is InChI=1S/C24H29F3N4O6/c1-14-18(23(33)37-17-8-4-10-30(13-17)11-5-9-28)19(15-6-3-7-16(12-15)31(34)35)20(22(32)36-2)21(29-14)24(25,26)27/h3,6-7,12,17,19,29H,4-5,8-11,13,28H2,1-2H3. The number of dihydropyridines is 1. The lowest BCUT2D eigenvalue weighted by Gasteiger charge is -2.35. The van der Waals surface area contributed by atoms with Crippen LogP contribution in [0.3, 0.4) is 0 Å². The van der Waals surface area contributed by atoms with Crippen molar-refractivity contribution in [2.24, 2.45) is 5.73 Å². The van der Waals surface area contributed by atoms with Gasteiger partial charge in [0.25, 0.3) is 5.69 Å². The number of benzene rings is 1. The Morgan fingerprint density at radius 3 is 2.62 bits per heavy atom. The van der Waals surface area contributed by atoms with E-state index < -0.39 is 52.0 Å². The average Bonchev–Trinajstić information content (AvgIpc) is 2.85. The van der Waals surface area contributed by atoms with Gasteiger partial charge in [0.1, 0.15) is 11.8 Å². The Kier molecular flexibility index (Phi) is 8.92. The highest BCUT2D eigenvalue weighted by atomic mass is 19.4. The van der Waals surface area contributed by atoms with Crippen LogP contribution in [0.4, 0.5) is 18.9 Å². The van der Waals surface area contributed by atoms with E-state index in [1.165, 1.54) is 19.1 Å². The van der Waals surface area contributed by atoms with Crippen molar-refractivity contribution in [2.45, 2.75) is 44.4 Å². The first-order valence-electron chi connectivity index (χ1n) is 11.7. The van der Waals surface area contributed by atoms with Crippen LogP contribution in [-0.2, 0) is 19.1 Å². The number of alkyl halides is 3. The highest BCUT2D eigenvalue weighted by Gasteiger charge is 2.48. The molecule has 0 aromatic heterocycles. The molecule has 2 aliphatic rings. The number of piperidine rings is 1. The largest absolute Gasteiger partial charge is 0.466 e.